The van der Waals surface area contributed by atoms with Crippen LogP contribution in [0.3, 0.4) is 0 Å². The van der Waals surface area contributed by atoms with Crippen LogP contribution in [0.5, 0.6) is 0 Å². The molecule has 0 aromatic carbocycles. The molecule has 3 rings (SSSR count). The van der Waals surface area contributed by atoms with E-state index in [2.05, 4.69) is 19.9 Å². The van der Waals surface area contributed by atoms with Gasteiger partial charge in [-0.05, 0) is 19.9 Å². The summed E-state index contributed by atoms with van der Waals surface area (Å²) in [6.07, 6.45) is 1.39. The Morgan fingerprint density at radius 3 is 2.77 bits per heavy atom. The van der Waals surface area contributed by atoms with Crippen molar-refractivity contribution in [1.82, 2.24) is 15.0 Å². The van der Waals surface area contributed by atoms with Crippen LogP contribution in [-0.4, -0.2) is 20.7 Å². The van der Waals surface area contributed by atoms with Crippen LogP contribution >= 0.6 is 0 Å². The summed E-state index contributed by atoms with van der Waals surface area (Å²) < 4.78 is 0. The lowest BCUT2D eigenvalue weighted by Crippen LogP contribution is -2.10. The minimum absolute atomic E-state index is 0.171. The van der Waals surface area contributed by atoms with Gasteiger partial charge in [-0.25, -0.2) is 15.0 Å². The van der Waals surface area contributed by atoms with Crippen LogP contribution in [0.25, 0.3) is 11.3 Å². The summed E-state index contributed by atoms with van der Waals surface area (Å²) in [5.41, 5.74) is 9.55. The molecule has 1 aromatic rings. The summed E-state index contributed by atoms with van der Waals surface area (Å²) in [6.45, 7) is 3.58. The standard InChI is InChI=1S/C16H15N5O/c1-9(20-14-10(2)18-8-19-15(14)17)13-11-6-4-3-5-7-12(11)21-16(13)22/h3-8H,1-2H3,(H,21,22)(H2,17,18,19). The number of nitrogens with zero attached hydrogens (tertiary/aromatic N) is 3. The zero-order valence-corrected chi connectivity index (χ0v) is 12.3. The Bertz CT molecular complexity index is 877. The molecule has 0 bridgehead atoms. The number of aliphatic imine (C=N–C) groups is 1. The first-order chi connectivity index (χ1) is 10.6. The molecule has 1 aliphatic carbocycles. The first kappa shape index (κ1) is 13.9. The van der Waals surface area contributed by atoms with E-state index in [1.165, 1.54) is 6.33 Å². The number of nitrogens with one attached hydrogen (secondary N) is 1. The Hall–Kier alpha value is -3.02. The highest BCUT2D eigenvalue weighted by Crippen LogP contribution is 2.26. The summed E-state index contributed by atoms with van der Waals surface area (Å²) >= 11 is 0. The molecule has 0 spiro atoms. The average Bonchev–Trinajstić information content (AvgIpc) is 2.64. The zero-order valence-electron chi connectivity index (χ0n) is 12.3. The molecular weight excluding hydrogens is 278 g/mol. The summed E-state index contributed by atoms with van der Waals surface area (Å²) in [5, 5.41) is 0. The molecule has 2 heterocycles. The van der Waals surface area contributed by atoms with Gasteiger partial charge in [0.05, 0.1) is 17.0 Å². The molecule has 110 valence electrons. The maximum atomic E-state index is 12.2. The monoisotopic (exact) mass is 293 g/mol. The molecule has 0 atom stereocenters. The number of aromatic nitrogens is 3. The van der Waals surface area contributed by atoms with E-state index in [0.29, 0.717) is 28.5 Å². The molecule has 0 radical (unpaired) electrons. The number of fused-ring (bicyclic) bond motifs is 1. The predicted octanol–water partition coefficient (Wildman–Crippen LogP) is 2.30. The fraction of sp³-hybridized carbons (Fsp3) is 0.125. The molecule has 6 heteroatoms. The first-order valence-electron chi connectivity index (χ1n) is 6.81. The maximum Gasteiger partial charge on any atom is 0.258 e. The van der Waals surface area contributed by atoms with E-state index in [1.54, 1.807) is 13.8 Å². The van der Waals surface area contributed by atoms with Crippen molar-refractivity contribution in [3.63, 3.8) is 0 Å². The van der Waals surface area contributed by atoms with Gasteiger partial charge in [0, 0.05) is 11.3 Å². The van der Waals surface area contributed by atoms with Crippen molar-refractivity contribution in [2.24, 2.45) is 4.99 Å². The van der Waals surface area contributed by atoms with Crippen LogP contribution in [0.4, 0.5) is 11.5 Å². The molecule has 0 amide bonds. The molecule has 3 N–H and O–H groups in total. The third-order valence-corrected chi connectivity index (χ3v) is 3.46. The Kier molecular flexibility index (Phi) is 3.42. The van der Waals surface area contributed by atoms with E-state index in [9.17, 15) is 4.79 Å². The zero-order chi connectivity index (χ0) is 15.7. The fourth-order valence-electron chi connectivity index (χ4n) is 2.39. The smallest absolute Gasteiger partial charge is 0.258 e. The number of aromatic amines is 1. The number of nitrogens with two attached hydrogens (primary N) is 1. The number of hydrogen-bond donors (Lipinski definition) is 2. The van der Waals surface area contributed by atoms with Gasteiger partial charge >= 0.3 is 0 Å². The molecule has 6 nitrogen and oxygen atoms in total. The topological polar surface area (TPSA) is 97.0 Å². The van der Waals surface area contributed by atoms with Crippen LogP contribution < -0.4 is 11.3 Å². The van der Waals surface area contributed by atoms with E-state index in [4.69, 9.17) is 5.73 Å². The highest BCUT2D eigenvalue weighted by Gasteiger charge is 2.17. The second-order valence-corrected chi connectivity index (χ2v) is 4.96. The second-order valence-electron chi connectivity index (χ2n) is 4.96. The number of hydrogen-bond acceptors (Lipinski definition) is 5. The number of anilines is 1. The lowest BCUT2D eigenvalue weighted by atomic mass is 10.1. The van der Waals surface area contributed by atoms with Gasteiger partial charge in [0.25, 0.3) is 5.56 Å². The predicted molar refractivity (Wildman–Crippen MR) is 86.7 cm³/mol. The summed E-state index contributed by atoms with van der Waals surface area (Å²) in [7, 11) is 0. The summed E-state index contributed by atoms with van der Waals surface area (Å²) in [4.78, 5) is 27.6. The Morgan fingerprint density at radius 2 is 2.00 bits per heavy atom. The lowest BCUT2D eigenvalue weighted by Gasteiger charge is -2.04. The third-order valence-electron chi connectivity index (χ3n) is 3.46. The van der Waals surface area contributed by atoms with Crippen LogP contribution in [-0.2, 0) is 0 Å². The average molecular weight is 293 g/mol. The van der Waals surface area contributed by atoms with Gasteiger partial charge in [0.15, 0.2) is 5.82 Å². The van der Waals surface area contributed by atoms with Gasteiger partial charge in [-0.15, -0.1) is 0 Å². The van der Waals surface area contributed by atoms with Crippen molar-refractivity contribution in [2.45, 2.75) is 13.8 Å². The van der Waals surface area contributed by atoms with Crippen LogP contribution in [0, 0.1) is 6.92 Å². The van der Waals surface area contributed by atoms with E-state index < -0.39 is 0 Å². The van der Waals surface area contributed by atoms with Crippen LogP contribution in [0.1, 0.15) is 18.2 Å². The molecule has 22 heavy (non-hydrogen) atoms. The highest BCUT2D eigenvalue weighted by molar-refractivity contribution is 6.06. The van der Waals surface area contributed by atoms with E-state index >= 15 is 0 Å². The van der Waals surface area contributed by atoms with Gasteiger partial charge in [-0.2, -0.15) is 0 Å². The molecule has 1 aliphatic heterocycles. The van der Waals surface area contributed by atoms with Crippen molar-refractivity contribution in [2.75, 3.05) is 5.73 Å². The number of rotatable bonds is 2. The second kappa shape index (κ2) is 5.40. The molecule has 0 saturated heterocycles. The quantitative estimate of drug-likeness (QED) is 0.708. The Morgan fingerprint density at radius 1 is 1.23 bits per heavy atom. The SMILES string of the molecule is CC(=Nc1c(C)ncnc1N)c1c2cccccc-2[nH]c1=O. The summed E-state index contributed by atoms with van der Waals surface area (Å²) in [6, 6.07) is 9.42. The molecule has 1 aromatic heterocycles. The third kappa shape index (κ3) is 2.35. The number of aryl methyl sites for hydroxylation is 1. The van der Waals surface area contributed by atoms with E-state index in [-0.39, 0.29) is 5.56 Å². The number of H-pyrrole nitrogens is 1. The summed E-state index contributed by atoms with van der Waals surface area (Å²) in [5.74, 6) is 0.296. The highest BCUT2D eigenvalue weighted by atomic mass is 16.1. The van der Waals surface area contributed by atoms with Gasteiger partial charge in [0.2, 0.25) is 0 Å². The fourth-order valence-corrected chi connectivity index (χ4v) is 2.39. The number of nitrogen functional groups attached to an aromatic ring is 1. The molecule has 0 unspecified atom stereocenters. The van der Waals surface area contributed by atoms with Crippen molar-refractivity contribution < 1.29 is 0 Å². The minimum atomic E-state index is -0.171. The Balaban J connectivity index is 2.19. The molecule has 0 fully saturated rings. The van der Waals surface area contributed by atoms with Gasteiger partial charge in [0.1, 0.15) is 12.0 Å². The van der Waals surface area contributed by atoms with Crippen molar-refractivity contribution in [3.05, 3.63) is 58.3 Å². The maximum absolute atomic E-state index is 12.2. The van der Waals surface area contributed by atoms with E-state index in [1.807, 2.05) is 30.3 Å². The molecule has 2 aliphatic rings. The van der Waals surface area contributed by atoms with Crippen LogP contribution in [0.15, 0.2) is 46.4 Å². The molecule has 0 saturated carbocycles. The normalized spacial score (nSPS) is 11.8. The first-order valence-corrected chi connectivity index (χ1v) is 6.81. The van der Waals surface area contributed by atoms with Gasteiger partial charge in [-0.1, -0.05) is 24.3 Å². The largest absolute Gasteiger partial charge is 0.382 e. The Labute approximate surface area is 127 Å². The lowest BCUT2D eigenvalue weighted by molar-refractivity contribution is 1.10. The van der Waals surface area contributed by atoms with Crippen molar-refractivity contribution in [1.29, 1.82) is 0 Å². The van der Waals surface area contributed by atoms with Gasteiger partial charge < -0.3 is 10.7 Å². The van der Waals surface area contributed by atoms with Crippen LogP contribution in [0.2, 0.25) is 0 Å². The van der Waals surface area contributed by atoms with Crippen molar-refractivity contribution in [3.8, 4) is 11.3 Å². The van der Waals surface area contributed by atoms with Gasteiger partial charge in [-0.3, -0.25) is 4.79 Å². The van der Waals surface area contributed by atoms with Crippen molar-refractivity contribution >= 4 is 17.2 Å². The van der Waals surface area contributed by atoms with E-state index in [0.717, 1.165) is 11.3 Å². The molecular formula is C16H15N5O. The minimum Gasteiger partial charge on any atom is -0.382 e.